The molecule has 236 valence electrons. The molecule has 44 heavy (non-hydrogen) atoms. The number of benzene rings is 3. The van der Waals surface area contributed by atoms with Crippen molar-refractivity contribution < 1.29 is 28.2 Å². The molecule has 1 fully saturated rings. The molecule has 2 atom stereocenters. The van der Waals surface area contributed by atoms with Crippen LogP contribution in [-0.4, -0.2) is 55.9 Å². The first-order chi connectivity index (χ1) is 20.8. The lowest BCUT2D eigenvalue weighted by atomic mass is 10.1. The maximum absolute atomic E-state index is 13.8. The Hall–Kier alpha value is -3.46. The van der Waals surface area contributed by atoms with Gasteiger partial charge < -0.3 is 18.6 Å². The molecule has 0 bridgehead atoms. The van der Waals surface area contributed by atoms with Crippen molar-refractivity contribution in [2.24, 2.45) is 0 Å². The third-order valence-corrected chi connectivity index (χ3v) is 13.0. The van der Waals surface area contributed by atoms with Crippen molar-refractivity contribution in [3.8, 4) is 0 Å². The van der Waals surface area contributed by atoms with Crippen LogP contribution < -0.4 is 10.4 Å². The number of rotatable bonds is 10. The summed E-state index contributed by atoms with van der Waals surface area (Å²) < 4.78 is 24.9. The first kappa shape index (κ1) is 33.4. The van der Waals surface area contributed by atoms with E-state index in [0.29, 0.717) is 0 Å². The van der Waals surface area contributed by atoms with Crippen LogP contribution in [0.25, 0.3) is 0 Å². The molecule has 0 saturated carbocycles. The Labute approximate surface area is 263 Å². The van der Waals surface area contributed by atoms with Crippen LogP contribution in [0.4, 0.5) is 4.79 Å². The minimum Gasteiger partial charge on any atom is -0.461 e. The van der Waals surface area contributed by atoms with Crippen LogP contribution in [0.3, 0.4) is 0 Å². The highest BCUT2D eigenvalue weighted by molar-refractivity contribution is 6.99. The van der Waals surface area contributed by atoms with Gasteiger partial charge in [-0.1, -0.05) is 112 Å². The average molecular weight is 618 g/mol. The number of amides is 1. The zero-order valence-electron chi connectivity index (χ0n) is 27.2. The number of hydrogen-bond donors (Lipinski definition) is 0. The molecule has 1 amide bonds. The molecule has 1 aliphatic rings. The second kappa shape index (κ2) is 13.7. The van der Waals surface area contributed by atoms with Crippen molar-refractivity contribution in [2.75, 3.05) is 13.2 Å². The first-order valence-corrected chi connectivity index (χ1v) is 17.3. The van der Waals surface area contributed by atoms with E-state index >= 15 is 0 Å². The molecular weight excluding hydrogens is 570 g/mol. The van der Waals surface area contributed by atoms with Gasteiger partial charge in [0.2, 0.25) is 0 Å². The molecule has 4 rings (SSSR count). The Morgan fingerprint density at radius 2 is 1.39 bits per heavy atom. The normalized spacial score (nSPS) is 19.1. The van der Waals surface area contributed by atoms with E-state index in [1.165, 1.54) is 0 Å². The summed E-state index contributed by atoms with van der Waals surface area (Å²) in [6.45, 7) is 14.7. The van der Waals surface area contributed by atoms with E-state index in [1.807, 2.05) is 70.2 Å². The fourth-order valence-electron chi connectivity index (χ4n) is 5.90. The van der Waals surface area contributed by atoms with Crippen molar-refractivity contribution in [3.05, 3.63) is 96.6 Å². The Morgan fingerprint density at radius 3 is 1.89 bits per heavy atom. The minimum absolute atomic E-state index is 0.0882. The summed E-state index contributed by atoms with van der Waals surface area (Å²) in [5, 5.41) is 2.09. The predicted octanol–water partition coefficient (Wildman–Crippen LogP) is 6.44. The molecule has 0 spiro atoms. The van der Waals surface area contributed by atoms with Crippen LogP contribution in [0.5, 0.6) is 0 Å². The lowest BCUT2D eigenvalue weighted by molar-refractivity contribution is -0.148. The van der Waals surface area contributed by atoms with Crippen LogP contribution in [-0.2, 0) is 30.0 Å². The molecule has 0 aliphatic carbocycles. The zero-order chi connectivity index (χ0) is 32.0. The smallest absolute Gasteiger partial charge is 0.412 e. The van der Waals surface area contributed by atoms with Crippen LogP contribution in [0.2, 0.25) is 5.04 Å². The summed E-state index contributed by atoms with van der Waals surface area (Å²) in [5.41, 5.74) is -0.869. The number of ether oxygens (including phenoxy) is 3. The predicted molar refractivity (Wildman–Crippen MR) is 175 cm³/mol. The highest BCUT2D eigenvalue weighted by Crippen LogP contribution is 2.39. The highest BCUT2D eigenvalue weighted by atomic mass is 28.4. The number of carbonyl (C=O) groups excluding carboxylic acids is 2. The fourth-order valence-corrected chi connectivity index (χ4v) is 10.5. The van der Waals surface area contributed by atoms with Gasteiger partial charge in [0, 0.05) is 6.42 Å². The van der Waals surface area contributed by atoms with Crippen LogP contribution in [0.15, 0.2) is 91.0 Å². The van der Waals surface area contributed by atoms with E-state index in [9.17, 15) is 9.59 Å². The molecule has 1 heterocycles. The minimum atomic E-state index is -2.86. The lowest BCUT2D eigenvalue weighted by Gasteiger charge is -2.44. The zero-order valence-corrected chi connectivity index (χ0v) is 28.2. The second-order valence-corrected chi connectivity index (χ2v) is 17.9. The van der Waals surface area contributed by atoms with Gasteiger partial charge in [0.15, 0.2) is 0 Å². The summed E-state index contributed by atoms with van der Waals surface area (Å²) in [5.74, 6) is -0.352. The molecule has 0 N–H and O–H groups in total. The van der Waals surface area contributed by atoms with Crippen LogP contribution in [0, 0.1) is 0 Å². The number of hydrogen-bond acceptors (Lipinski definition) is 6. The third-order valence-electron chi connectivity index (χ3n) is 8.00. The largest absolute Gasteiger partial charge is 0.461 e. The first-order valence-electron chi connectivity index (χ1n) is 15.4. The third kappa shape index (κ3) is 7.78. The number of carbonyl (C=O) groups is 2. The summed E-state index contributed by atoms with van der Waals surface area (Å²) in [6.07, 6.45) is -0.147. The molecule has 1 unspecified atom stereocenters. The van der Waals surface area contributed by atoms with Crippen molar-refractivity contribution >= 4 is 30.8 Å². The standard InChI is InChI=1S/C36H47NO6Si/c1-34(2,3)43-33(39)37-29(26-41-36(37,7)24-23-32(38)40-25-28-17-11-8-12-18-28)27-42-44(35(4,5)6,30-19-13-9-14-20-30)31-21-15-10-16-22-31/h8-22,29H,23-27H2,1-7H3/t29-,36?/m0/s1. The van der Waals surface area contributed by atoms with Gasteiger partial charge in [0.25, 0.3) is 8.32 Å². The lowest BCUT2D eigenvalue weighted by Crippen LogP contribution is -2.67. The van der Waals surface area contributed by atoms with E-state index in [2.05, 4.69) is 69.3 Å². The van der Waals surface area contributed by atoms with Crippen molar-refractivity contribution in [2.45, 2.75) is 90.3 Å². The van der Waals surface area contributed by atoms with Gasteiger partial charge >= 0.3 is 12.1 Å². The molecule has 7 nitrogen and oxygen atoms in total. The Bertz CT molecular complexity index is 1330. The summed E-state index contributed by atoms with van der Waals surface area (Å²) in [7, 11) is -2.86. The van der Waals surface area contributed by atoms with E-state index in [0.717, 1.165) is 15.9 Å². The quantitative estimate of drug-likeness (QED) is 0.193. The Kier molecular flexibility index (Phi) is 10.4. The topological polar surface area (TPSA) is 74.3 Å². The van der Waals surface area contributed by atoms with Gasteiger partial charge in [-0.05, 0) is 48.7 Å². The van der Waals surface area contributed by atoms with Gasteiger partial charge in [-0.2, -0.15) is 0 Å². The summed E-state index contributed by atoms with van der Waals surface area (Å²) in [6, 6.07) is 30.0. The van der Waals surface area contributed by atoms with Crippen molar-refractivity contribution in [1.82, 2.24) is 4.90 Å². The van der Waals surface area contributed by atoms with E-state index in [1.54, 1.807) is 4.90 Å². The van der Waals surface area contributed by atoms with Crippen LogP contribution >= 0.6 is 0 Å². The number of nitrogens with zero attached hydrogens (tertiary/aromatic N) is 1. The second-order valence-electron chi connectivity index (χ2n) is 13.6. The average Bonchev–Trinajstić information content (AvgIpc) is 3.32. The molecule has 8 heteroatoms. The monoisotopic (exact) mass is 617 g/mol. The van der Waals surface area contributed by atoms with E-state index in [4.69, 9.17) is 18.6 Å². The van der Waals surface area contributed by atoms with Crippen molar-refractivity contribution in [3.63, 3.8) is 0 Å². The van der Waals surface area contributed by atoms with E-state index in [-0.39, 0.29) is 43.7 Å². The Morgan fingerprint density at radius 1 is 0.864 bits per heavy atom. The van der Waals surface area contributed by atoms with Gasteiger partial charge in [-0.25, -0.2) is 4.79 Å². The number of esters is 1. The van der Waals surface area contributed by atoms with Crippen molar-refractivity contribution in [1.29, 1.82) is 0 Å². The maximum Gasteiger partial charge on any atom is 0.412 e. The highest BCUT2D eigenvalue weighted by Gasteiger charge is 2.53. The summed E-state index contributed by atoms with van der Waals surface area (Å²) in [4.78, 5) is 28.2. The molecule has 1 aliphatic heterocycles. The Balaban J connectivity index is 1.59. The summed E-state index contributed by atoms with van der Waals surface area (Å²) >= 11 is 0. The van der Waals surface area contributed by atoms with Gasteiger partial charge in [0.1, 0.15) is 17.9 Å². The molecule has 0 aromatic heterocycles. The van der Waals surface area contributed by atoms with E-state index < -0.39 is 31.8 Å². The molecule has 3 aromatic rings. The molecular formula is C36H47NO6Si. The molecule has 1 saturated heterocycles. The fraction of sp³-hybridized carbons (Fsp3) is 0.444. The van der Waals surface area contributed by atoms with Gasteiger partial charge in [0.05, 0.1) is 25.7 Å². The van der Waals surface area contributed by atoms with Crippen LogP contribution in [0.1, 0.15) is 66.9 Å². The van der Waals surface area contributed by atoms with Gasteiger partial charge in [-0.15, -0.1) is 0 Å². The molecule has 0 radical (unpaired) electrons. The maximum atomic E-state index is 13.8. The molecule has 3 aromatic carbocycles. The van der Waals surface area contributed by atoms with Gasteiger partial charge in [-0.3, -0.25) is 9.69 Å². The SMILES string of the molecule is CC(C)(C)OC(=O)N1[C@H](CO[Si](c2ccccc2)(c2ccccc2)C(C)(C)C)COC1(C)CCC(=O)OCc1ccccc1.